The van der Waals surface area contributed by atoms with E-state index in [1.165, 1.54) is 24.3 Å². The second-order valence-electron chi connectivity index (χ2n) is 4.24. The topological polar surface area (TPSA) is 62.1 Å². The van der Waals surface area contributed by atoms with Crippen LogP contribution in [0.4, 0.5) is 14.5 Å². The molecule has 0 fully saturated rings. The van der Waals surface area contributed by atoms with Crippen LogP contribution in [0.15, 0.2) is 24.3 Å². The second kappa shape index (κ2) is 6.69. The molecular formula is C13H14F2N2O2. The molecule has 0 aliphatic rings. The van der Waals surface area contributed by atoms with Gasteiger partial charge in [0.05, 0.1) is 6.07 Å². The fourth-order valence-electron chi connectivity index (χ4n) is 1.45. The summed E-state index contributed by atoms with van der Waals surface area (Å²) in [5.41, 5.74) is 0.424. The number of anilines is 1. The highest BCUT2D eigenvalue weighted by Crippen LogP contribution is 2.19. The first kappa shape index (κ1) is 14.9. The molecule has 0 bridgehead atoms. The smallest absolute Gasteiger partial charge is 0.387 e. The van der Waals surface area contributed by atoms with Gasteiger partial charge in [0.1, 0.15) is 11.7 Å². The Labute approximate surface area is 110 Å². The summed E-state index contributed by atoms with van der Waals surface area (Å²) < 4.78 is 28.1. The number of alkyl halides is 2. The van der Waals surface area contributed by atoms with Gasteiger partial charge in [-0.05, 0) is 30.2 Å². The predicted octanol–water partition coefficient (Wildman–Crippen LogP) is 3.02. The third-order valence-corrected chi connectivity index (χ3v) is 2.44. The lowest BCUT2D eigenvalue weighted by molar-refractivity contribution is -0.119. The Hall–Kier alpha value is -2.16. The molecule has 6 heteroatoms. The summed E-state index contributed by atoms with van der Waals surface area (Å²) in [5.74, 6) is -1.27. The molecule has 0 aliphatic heterocycles. The highest BCUT2D eigenvalue weighted by atomic mass is 19.3. The highest BCUT2D eigenvalue weighted by Gasteiger charge is 2.21. The van der Waals surface area contributed by atoms with E-state index >= 15 is 0 Å². The number of nitrogens with zero attached hydrogens (tertiary/aromatic N) is 1. The van der Waals surface area contributed by atoms with E-state index in [1.54, 1.807) is 13.8 Å². The Morgan fingerprint density at radius 3 is 2.32 bits per heavy atom. The molecule has 1 aromatic carbocycles. The maximum atomic E-state index is 11.9. The van der Waals surface area contributed by atoms with Crippen LogP contribution in [0.1, 0.15) is 13.8 Å². The van der Waals surface area contributed by atoms with Crippen molar-refractivity contribution in [3.05, 3.63) is 24.3 Å². The first-order valence-electron chi connectivity index (χ1n) is 5.69. The van der Waals surface area contributed by atoms with Crippen LogP contribution in [0.25, 0.3) is 0 Å². The summed E-state index contributed by atoms with van der Waals surface area (Å²) in [6.45, 7) is 0.657. The number of nitriles is 1. The molecule has 1 amide bonds. The van der Waals surface area contributed by atoms with E-state index in [0.29, 0.717) is 5.69 Å². The average molecular weight is 268 g/mol. The Morgan fingerprint density at radius 1 is 1.32 bits per heavy atom. The minimum absolute atomic E-state index is 0.00805. The number of rotatable bonds is 5. The maximum Gasteiger partial charge on any atom is 0.387 e. The highest BCUT2D eigenvalue weighted by molar-refractivity contribution is 5.94. The number of benzene rings is 1. The van der Waals surface area contributed by atoms with Crippen molar-refractivity contribution in [3.63, 3.8) is 0 Å². The van der Waals surface area contributed by atoms with Gasteiger partial charge < -0.3 is 10.1 Å². The lowest BCUT2D eigenvalue weighted by Crippen LogP contribution is -2.25. The largest absolute Gasteiger partial charge is 0.435 e. The molecule has 1 unspecified atom stereocenters. The third-order valence-electron chi connectivity index (χ3n) is 2.44. The third kappa shape index (κ3) is 4.54. The molecule has 1 N–H and O–H groups in total. The van der Waals surface area contributed by atoms with Crippen LogP contribution in [0.2, 0.25) is 0 Å². The molecule has 0 radical (unpaired) electrons. The van der Waals surface area contributed by atoms with Crippen LogP contribution < -0.4 is 10.1 Å². The molecule has 0 saturated heterocycles. The SMILES string of the molecule is CC(C)C(C#N)C(=O)Nc1ccc(OC(F)F)cc1. The Bertz CT molecular complexity index is 467. The van der Waals surface area contributed by atoms with Crippen molar-refractivity contribution >= 4 is 11.6 Å². The second-order valence-corrected chi connectivity index (χ2v) is 4.24. The van der Waals surface area contributed by atoms with Crippen LogP contribution >= 0.6 is 0 Å². The molecule has 102 valence electrons. The van der Waals surface area contributed by atoms with Gasteiger partial charge in [-0.25, -0.2) is 0 Å². The van der Waals surface area contributed by atoms with Crippen LogP contribution in [-0.2, 0) is 4.79 Å². The molecule has 0 aliphatic carbocycles. The molecule has 1 aromatic rings. The molecule has 0 aromatic heterocycles. The van der Waals surface area contributed by atoms with Crippen LogP contribution in [0, 0.1) is 23.2 Å². The van der Waals surface area contributed by atoms with Crippen molar-refractivity contribution in [1.29, 1.82) is 5.26 Å². The summed E-state index contributed by atoms with van der Waals surface area (Å²) in [5, 5.41) is 11.4. The van der Waals surface area contributed by atoms with Crippen LogP contribution in [0.5, 0.6) is 5.75 Å². The number of nitrogens with one attached hydrogen (secondary N) is 1. The number of amides is 1. The van der Waals surface area contributed by atoms with Crippen LogP contribution in [-0.4, -0.2) is 12.5 Å². The van der Waals surface area contributed by atoms with E-state index in [2.05, 4.69) is 10.1 Å². The molecule has 0 spiro atoms. The number of hydrogen-bond donors (Lipinski definition) is 1. The van der Waals surface area contributed by atoms with Gasteiger partial charge >= 0.3 is 6.61 Å². The summed E-state index contributed by atoms with van der Waals surface area (Å²) in [6, 6.07) is 7.43. The lowest BCUT2D eigenvalue weighted by atomic mass is 9.96. The van der Waals surface area contributed by atoms with Crippen molar-refractivity contribution in [3.8, 4) is 11.8 Å². The molecule has 1 rings (SSSR count). The lowest BCUT2D eigenvalue weighted by Gasteiger charge is -2.13. The standard InChI is InChI=1S/C13H14F2N2O2/c1-8(2)11(7-16)12(18)17-9-3-5-10(6-4-9)19-13(14)15/h3-6,8,11,13H,1-2H3,(H,17,18). The van der Waals surface area contributed by atoms with E-state index in [0.717, 1.165) is 0 Å². The van der Waals surface area contributed by atoms with E-state index < -0.39 is 18.4 Å². The first-order valence-corrected chi connectivity index (χ1v) is 5.69. The van der Waals surface area contributed by atoms with Crippen molar-refractivity contribution in [1.82, 2.24) is 0 Å². The van der Waals surface area contributed by atoms with E-state index in [4.69, 9.17) is 5.26 Å². The Kier molecular flexibility index (Phi) is 5.24. The zero-order chi connectivity index (χ0) is 14.4. The Morgan fingerprint density at radius 2 is 1.89 bits per heavy atom. The van der Waals surface area contributed by atoms with Gasteiger partial charge in [0.25, 0.3) is 0 Å². The monoisotopic (exact) mass is 268 g/mol. The Balaban J connectivity index is 2.68. The number of halogens is 2. The van der Waals surface area contributed by atoms with E-state index in [1.807, 2.05) is 6.07 Å². The number of ether oxygens (including phenoxy) is 1. The molecule has 1 atom stereocenters. The van der Waals surface area contributed by atoms with Gasteiger partial charge in [-0.3, -0.25) is 4.79 Å². The molecule has 4 nitrogen and oxygen atoms in total. The number of carbonyl (C=O) groups is 1. The predicted molar refractivity (Wildman–Crippen MR) is 65.6 cm³/mol. The van der Waals surface area contributed by atoms with Gasteiger partial charge in [-0.1, -0.05) is 13.8 Å². The van der Waals surface area contributed by atoms with Crippen molar-refractivity contribution in [2.75, 3.05) is 5.32 Å². The van der Waals surface area contributed by atoms with Crippen LogP contribution in [0.3, 0.4) is 0 Å². The molecular weight excluding hydrogens is 254 g/mol. The normalized spacial score (nSPS) is 12.1. The quantitative estimate of drug-likeness (QED) is 0.892. The summed E-state index contributed by atoms with van der Waals surface area (Å²) in [4.78, 5) is 11.8. The van der Waals surface area contributed by atoms with Gasteiger partial charge in [0.2, 0.25) is 5.91 Å². The molecule has 19 heavy (non-hydrogen) atoms. The molecule has 0 saturated carbocycles. The summed E-state index contributed by atoms with van der Waals surface area (Å²) >= 11 is 0. The zero-order valence-corrected chi connectivity index (χ0v) is 10.6. The minimum Gasteiger partial charge on any atom is -0.435 e. The number of hydrogen-bond acceptors (Lipinski definition) is 3. The number of carbonyl (C=O) groups excluding carboxylic acids is 1. The summed E-state index contributed by atoms with van der Waals surface area (Å²) in [7, 11) is 0. The fraction of sp³-hybridized carbons (Fsp3) is 0.385. The van der Waals surface area contributed by atoms with Crippen molar-refractivity contribution < 1.29 is 18.3 Å². The van der Waals surface area contributed by atoms with Gasteiger partial charge in [-0.2, -0.15) is 14.0 Å². The van der Waals surface area contributed by atoms with E-state index in [9.17, 15) is 13.6 Å². The van der Waals surface area contributed by atoms with Gasteiger partial charge in [-0.15, -0.1) is 0 Å². The van der Waals surface area contributed by atoms with Gasteiger partial charge in [0.15, 0.2) is 0 Å². The van der Waals surface area contributed by atoms with Crippen molar-refractivity contribution in [2.24, 2.45) is 11.8 Å². The average Bonchev–Trinajstić information content (AvgIpc) is 2.31. The zero-order valence-electron chi connectivity index (χ0n) is 10.6. The minimum atomic E-state index is -2.88. The van der Waals surface area contributed by atoms with E-state index in [-0.39, 0.29) is 11.7 Å². The maximum absolute atomic E-state index is 11.9. The first-order chi connectivity index (χ1) is 8.93. The summed E-state index contributed by atoms with van der Waals surface area (Å²) in [6.07, 6.45) is 0. The molecule has 0 heterocycles. The van der Waals surface area contributed by atoms with Gasteiger partial charge in [0, 0.05) is 5.69 Å². The van der Waals surface area contributed by atoms with Crippen molar-refractivity contribution in [2.45, 2.75) is 20.5 Å². The fourth-order valence-corrected chi connectivity index (χ4v) is 1.45.